The molecule has 0 radical (unpaired) electrons. The largest absolute Gasteiger partial charge is 0.480 e. The van der Waals surface area contributed by atoms with E-state index in [9.17, 15) is 9.59 Å². The molecule has 1 unspecified atom stereocenters. The van der Waals surface area contributed by atoms with Crippen LogP contribution in [0.15, 0.2) is 4.34 Å². The number of aromatic nitrogens is 1. The van der Waals surface area contributed by atoms with Gasteiger partial charge >= 0.3 is 11.9 Å². The molecule has 0 fully saturated rings. The van der Waals surface area contributed by atoms with Gasteiger partial charge in [-0.05, 0) is 13.8 Å². The number of aromatic carboxylic acids is 1. The standard InChI is InChI=1S/C8H9NO4S2/c1-3-5(7(12)13)15-8(9-3)14-4(2)6(10)11/h4H,1-2H3,(H,10,11)(H,12,13). The minimum atomic E-state index is -1.03. The lowest BCUT2D eigenvalue weighted by Crippen LogP contribution is -2.10. The van der Waals surface area contributed by atoms with Crippen LogP contribution in [0.5, 0.6) is 0 Å². The second-order valence-electron chi connectivity index (χ2n) is 2.80. The molecule has 0 amide bonds. The summed E-state index contributed by atoms with van der Waals surface area (Å²) in [6.45, 7) is 3.12. The molecule has 1 aromatic heterocycles. The average Bonchev–Trinajstić information content (AvgIpc) is 2.46. The molecule has 82 valence electrons. The summed E-state index contributed by atoms with van der Waals surface area (Å²) >= 11 is 2.05. The van der Waals surface area contributed by atoms with Gasteiger partial charge in [0.15, 0.2) is 4.34 Å². The highest BCUT2D eigenvalue weighted by molar-refractivity contribution is 8.02. The van der Waals surface area contributed by atoms with E-state index in [2.05, 4.69) is 4.98 Å². The third-order valence-corrected chi connectivity index (χ3v) is 3.92. The monoisotopic (exact) mass is 247 g/mol. The number of rotatable bonds is 4. The summed E-state index contributed by atoms with van der Waals surface area (Å²) < 4.78 is 0.472. The molecule has 0 aliphatic heterocycles. The van der Waals surface area contributed by atoms with Crippen molar-refractivity contribution >= 4 is 35.0 Å². The Morgan fingerprint density at radius 1 is 1.47 bits per heavy atom. The van der Waals surface area contributed by atoms with Crippen LogP contribution < -0.4 is 0 Å². The SMILES string of the molecule is Cc1nc(SC(C)C(=O)O)sc1C(=O)O. The highest BCUT2D eigenvalue weighted by atomic mass is 32.2. The summed E-state index contributed by atoms with van der Waals surface area (Å²) in [5, 5.41) is 16.8. The van der Waals surface area contributed by atoms with Crippen molar-refractivity contribution in [2.45, 2.75) is 23.4 Å². The van der Waals surface area contributed by atoms with Gasteiger partial charge in [-0.2, -0.15) is 0 Å². The first-order chi connectivity index (χ1) is 6.91. The normalized spacial score (nSPS) is 12.4. The molecular weight excluding hydrogens is 238 g/mol. The lowest BCUT2D eigenvalue weighted by Gasteiger charge is -2.00. The molecule has 1 heterocycles. The van der Waals surface area contributed by atoms with E-state index in [0.29, 0.717) is 10.0 Å². The first-order valence-electron chi connectivity index (χ1n) is 4.02. The lowest BCUT2D eigenvalue weighted by atomic mass is 10.4. The van der Waals surface area contributed by atoms with Crippen LogP contribution in [0.4, 0.5) is 0 Å². The van der Waals surface area contributed by atoms with Gasteiger partial charge in [-0.3, -0.25) is 4.79 Å². The molecule has 0 saturated heterocycles. The molecule has 0 saturated carbocycles. The summed E-state index contributed by atoms with van der Waals surface area (Å²) in [6, 6.07) is 0. The molecule has 0 spiro atoms. The number of carboxylic acid groups (broad SMARTS) is 2. The Kier molecular flexibility index (Phi) is 3.70. The van der Waals surface area contributed by atoms with Gasteiger partial charge < -0.3 is 10.2 Å². The fourth-order valence-corrected chi connectivity index (χ4v) is 2.93. The Morgan fingerprint density at radius 2 is 2.07 bits per heavy atom. The molecule has 0 aromatic carbocycles. The van der Waals surface area contributed by atoms with E-state index in [1.807, 2.05) is 0 Å². The predicted octanol–water partition coefficient (Wildman–Crippen LogP) is 1.71. The van der Waals surface area contributed by atoms with E-state index in [-0.39, 0.29) is 4.88 Å². The molecule has 1 rings (SSSR count). The summed E-state index contributed by atoms with van der Waals surface area (Å²) in [4.78, 5) is 25.4. The fourth-order valence-electron chi connectivity index (χ4n) is 0.822. The van der Waals surface area contributed by atoms with Crippen LogP contribution in [0.25, 0.3) is 0 Å². The van der Waals surface area contributed by atoms with Gasteiger partial charge in [0.25, 0.3) is 0 Å². The molecule has 15 heavy (non-hydrogen) atoms. The second kappa shape index (κ2) is 4.63. The van der Waals surface area contributed by atoms with Gasteiger partial charge in [-0.25, -0.2) is 9.78 Å². The van der Waals surface area contributed by atoms with Crippen LogP contribution in [0.2, 0.25) is 0 Å². The lowest BCUT2D eigenvalue weighted by molar-refractivity contribution is -0.136. The van der Waals surface area contributed by atoms with Crippen molar-refractivity contribution < 1.29 is 19.8 Å². The number of thiazole rings is 1. The number of aryl methyl sites for hydroxylation is 1. The van der Waals surface area contributed by atoms with Crippen LogP contribution in [0, 0.1) is 6.92 Å². The average molecular weight is 247 g/mol. The number of nitrogens with zero attached hydrogens (tertiary/aromatic N) is 1. The minimum absolute atomic E-state index is 0.162. The predicted molar refractivity (Wildman–Crippen MR) is 56.8 cm³/mol. The molecular formula is C8H9NO4S2. The Labute approximate surface area is 94.2 Å². The van der Waals surface area contributed by atoms with Gasteiger partial charge in [-0.1, -0.05) is 11.8 Å². The summed E-state index contributed by atoms with van der Waals surface area (Å²) in [7, 11) is 0. The van der Waals surface area contributed by atoms with Crippen LogP contribution in [-0.2, 0) is 4.79 Å². The van der Waals surface area contributed by atoms with Crippen molar-refractivity contribution in [3.63, 3.8) is 0 Å². The first-order valence-corrected chi connectivity index (χ1v) is 5.71. The van der Waals surface area contributed by atoms with E-state index in [1.165, 1.54) is 6.92 Å². The van der Waals surface area contributed by atoms with E-state index in [1.54, 1.807) is 6.92 Å². The molecule has 0 aliphatic carbocycles. The molecule has 1 atom stereocenters. The van der Waals surface area contributed by atoms with E-state index in [0.717, 1.165) is 23.1 Å². The van der Waals surface area contributed by atoms with E-state index in [4.69, 9.17) is 10.2 Å². The maximum Gasteiger partial charge on any atom is 0.347 e. The minimum Gasteiger partial charge on any atom is -0.480 e. The zero-order chi connectivity index (χ0) is 11.6. The van der Waals surface area contributed by atoms with Crippen LogP contribution in [-0.4, -0.2) is 32.4 Å². The maximum absolute atomic E-state index is 10.7. The van der Waals surface area contributed by atoms with Gasteiger partial charge in [0.1, 0.15) is 10.1 Å². The number of thioether (sulfide) groups is 1. The highest BCUT2D eigenvalue weighted by Gasteiger charge is 2.18. The van der Waals surface area contributed by atoms with Gasteiger partial charge in [-0.15, -0.1) is 11.3 Å². The van der Waals surface area contributed by atoms with Crippen LogP contribution >= 0.6 is 23.1 Å². The molecule has 5 nitrogen and oxygen atoms in total. The third kappa shape index (κ3) is 2.93. The number of aliphatic carboxylic acids is 1. The Morgan fingerprint density at radius 3 is 2.47 bits per heavy atom. The van der Waals surface area contributed by atoms with Crippen molar-refractivity contribution in [3.8, 4) is 0 Å². The molecule has 0 bridgehead atoms. The van der Waals surface area contributed by atoms with E-state index < -0.39 is 17.2 Å². The van der Waals surface area contributed by atoms with Gasteiger partial charge in [0, 0.05) is 0 Å². The first kappa shape index (κ1) is 12.0. The number of hydrogen-bond donors (Lipinski definition) is 2. The van der Waals surface area contributed by atoms with Gasteiger partial charge in [0.05, 0.1) is 5.69 Å². The topological polar surface area (TPSA) is 87.5 Å². The zero-order valence-corrected chi connectivity index (χ0v) is 9.68. The second-order valence-corrected chi connectivity index (χ2v) is 5.38. The number of carboxylic acids is 2. The number of carbonyl (C=O) groups is 2. The Bertz CT molecular complexity index is 401. The maximum atomic E-state index is 10.7. The van der Waals surface area contributed by atoms with Crippen molar-refractivity contribution in [2.75, 3.05) is 0 Å². The quantitative estimate of drug-likeness (QED) is 0.788. The Hall–Kier alpha value is -1.08. The molecule has 0 aliphatic rings. The van der Waals surface area contributed by atoms with E-state index >= 15 is 0 Å². The third-order valence-electron chi connectivity index (χ3n) is 1.60. The van der Waals surface area contributed by atoms with Crippen molar-refractivity contribution in [1.29, 1.82) is 0 Å². The summed E-state index contributed by atoms with van der Waals surface area (Å²) in [5.41, 5.74) is 0.424. The van der Waals surface area contributed by atoms with Gasteiger partial charge in [0.2, 0.25) is 0 Å². The van der Waals surface area contributed by atoms with Crippen molar-refractivity contribution in [2.24, 2.45) is 0 Å². The molecule has 7 heteroatoms. The fraction of sp³-hybridized carbons (Fsp3) is 0.375. The van der Waals surface area contributed by atoms with Crippen molar-refractivity contribution in [1.82, 2.24) is 4.98 Å². The summed E-state index contributed by atoms with van der Waals surface area (Å²) in [6.07, 6.45) is 0. The van der Waals surface area contributed by atoms with Crippen molar-refractivity contribution in [3.05, 3.63) is 10.6 Å². The molecule has 2 N–H and O–H groups in total. The Balaban J connectivity index is 2.84. The number of hydrogen-bond acceptors (Lipinski definition) is 5. The molecule has 1 aromatic rings. The smallest absolute Gasteiger partial charge is 0.347 e. The summed E-state index contributed by atoms with van der Waals surface area (Å²) in [5.74, 6) is -1.97. The zero-order valence-electron chi connectivity index (χ0n) is 8.05. The van der Waals surface area contributed by atoms with Crippen LogP contribution in [0.3, 0.4) is 0 Å². The highest BCUT2D eigenvalue weighted by Crippen LogP contribution is 2.30. The van der Waals surface area contributed by atoms with Crippen LogP contribution in [0.1, 0.15) is 22.3 Å².